The van der Waals surface area contributed by atoms with Crippen molar-refractivity contribution in [2.45, 2.75) is 71.4 Å². The van der Waals surface area contributed by atoms with Gasteiger partial charge in [0.15, 0.2) is 0 Å². The monoisotopic (exact) mass is 409 g/mol. The van der Waals surface area contributed by atoms with Crippen LogP contribution in [-0.2, 0) is 19.2 Å². The summed E-state index contributed by atoms with van der Waals surface area (Å²) in [6.07, 6.45) is 9.94. The van der Waals surface area contributed by atoms with Crippen LogP contribution in [0.2, 0.25) is 0 Å². The Morgan fingerprint density at radius 3 is 2.59 bits per heavy atom. The number of carbonyl (C=O) groups is 4. The van der Waals surface area contributed by atoms with Gasteiger partial charge in [0, 0.05) is 18.5 Å². The van der Waals surface area contributed by atoms with Crippen molar-refractivity contribution in [3.8, 4) is 0 Å². The van der Waals surface area contributed by atoms with Crippen LogP contribution in [0, 0.1) is 11.8 Å². The highest BCUT2D eigenvalue weighted by molar-refractivity contribution is 5.87. The Kier molecular flexibility index (Phi) is 11.0. The Bertz CT molecular complexity index is 593. The van der Waals surface area contributed by atoms with Gasteiger partial charge in [-0.25, -0.2) is 4.79 Å². The molecule has 3 N–H and O–H groups in total. The summed E-state index contributed by atoms with van der Waals surface area (Å²) >= 11 is 0. The van der Waals surface area contributed by atoms with Crippen LogP contribution in [0.1, 0.15) is 59.3 Å². The molecule has 3 unspecified atom stereocenters. The highest BCUT2D eigenvalue weighted by atomic mass is 16.4. The van der Waals surface area contributed by atoms with Crippen LogP contribution >= 0.6 is 0 Å². The second-order valence-corrected chi connectivity index (χ2v) is 7.69. The molecule has 0 radical (unpaired) electrons. The molecule has 0 aromatic rings. The van der Waals surface area contributed by atoms with Gasteiger partial charge in [0.1, 0.15) is 6.04 Å². The van der Waals surface area contributed by atoms with Crippen molar-refractivity contribution in [3.05, 3.63) is 12.2 Å². The summed E-state index contributed by atoms with van der Waals surface area (Å²) in [6, 6.07) is -1.32. The van der Waals surface area contributed by atoms with Gasteiger partial charge in [-0.3, -0.25) is 14.4 Å². The number of rotatable bonds is 13. The molecule has 164 valence electrons. The number of allylic oxidation sites excluding steroid dienone is 1. The highest BCUT2D eigenvalue weighted by Gasteiger charge is 2.37. The van der Waals surface area contributed by atoms with Gasteiger partial charge in [-0.15, -0.1) is 0 Å². The number of likely N-dealkylation sites (tertiary alicyclic amines) is 1. The molecule has 0 aromatic heterocycles. The fourth-order valence-corrected chi connectivity index (χ4v) is 3.66. The molecule has 1 rings (SSSR count). The molecule has 4 atom stereocenters. The molecular formula is C21H35N3O5. The number of amides is 3. The predicted octanol–water partition coefficient (Wildman–Crippen LogP) is 1.70. The molecule has 1 aliphatic heterocycles. The summed E-state index contributed by atoms with van der Waals surface area (Å²) in [5.74, 6) is -2.58. The van der Waals surface area contributed by atoms with Crippen LogP contribution in [0.3, 0.4) is 0 Å². The molecule has 1 fully saturated rings. The Morgan fingerprint density at radius 2 is 1.97 bits per heavy atom. The van der Waals surface area contributed by atoms with Crippen molar-refractivity contribution in [1.82, 2.24) is 15.5 Å². The Hall–Kier alpha value is -2.38. The number of hydrogen-bond donors (Lipinski definition) is 3. The first-order chi connectivity index (χ1) is 13.8. The predicted molar refractivity (Wildman–Crippen MR) is 110 cm³/mol. The molecule has 8 nitrogen and oxygen atoms in total. The zero-order chi connectivity index (χ0) is 21.8. The lowest BCUT2D eigenvalue weighted by Gasteiger charge is -2.30. The van der Waals surface area contributed by atoms with Crippen molar-refractivity contribution in [3.63, 3.8) is 0 Å². The number of nitrogens with one attached hydrogen (secondary N) is 2. The Balaban J connectivity index is 2.70. The van der Waals surface area contributed by atoms with Crippen LogP contribution in [0.4, 0.5) is 0 Å². The first-order valence-corrected chi connectivity index (χ1v) is 10.5. The summed E-state index contributed by atoms with van der Waals surface area (Å²) in [5.41, 5.74) is 0. The highest BCUT2D eigenvalue weighted by Crippen LogP contribution is 2.24. The van der Waals surface area contributed by atoms with E-state index in [2.05, 4.69) is 17.6 Å². The van der Waals surface area contributed by atoms with E-state index < -0.39 is 17.9 Å². The maximum atomic E-state index is 12.7. The topological polar surface area (TPSA) is 116 Å². The standard InChI is InChI=1S/C21H35N3O5/c1-4-5-6-7-8-10-15(2)19(21(28)29)23-20(27)16(3)17-11-9-12-24(17)18(26)13-22-14-25/h8,10,14-17,19H,4-7,9,11-13H2,1-3H3,(H,22,25)(H,23,27)(H,28,29)/b10-8-/t15?,16-,17?,19?/m1/s1. The number of carboxylic acids is 1. The largest absolute Gasteiger partial charge is 0.480 e. The smallest absolute Gasteiger partial charge is 0.326 e. The molecule has 29 heavy (non-hydrogen) atoms. The second-order valence-electron chi connectivity index (χ2n) is 7.69. The fourth-order valence-electron chi connectivity index (χ4n) is 3.66. The van der Waals surface area contributed by atoms with Crippen molar-refractivity contribution in [2.75, 3.05) is 13.1 Å². The number of unbranched alkanes of at least 4 members (excludes halogenated alkanes) is 3. The van der Waals surface area contributed by atoms with Crippen LogP contribution in [-0.4, -0.2) is 59.4 Å². The van der Waals surface area contributed by atoms with E-state index in [1.165, 1.54) is 0 Å². The van der Waals surface area contributed by atoms with Crippen LogP contribution in [0.5, 0.6) is 0 Å². The number of carboxylic acid groups (broad SMARTS) is 1. The maximum absolute atomic E-state index is 12.7. The zero-order valence-electron chi connectivity index (χ0n) is 17.7. The molecule has 1 saturated heterocycles. The lowest BCUT2D eigenvalue weighted by atomic mass is 9.95. The fraction of sp³-hybridized carbons (Fsp3) is 0.714. The molecule has 0 aliphatic carbocycles. The van der Waals surface area contributed by atoms with E-state index in [9.17, 15) is 24.3 Å². The van der Waals surface area contributed by atoms with Gasteiger partial charge in [0.25, 0.3) is 0 Å². The summed E-state index contributed by atoms with van der Waals surface area (Å²) < 4.78 is 0. The average molecular weight is 410 g/mol. The lowest BCUT2D eigenvalue weighted by molar-refractivity contribution is -0.144. The van der Waals surface area contributed by atoms with Gasteiger partial charge < -0.3 is 20.6 Å². The van der Waals surface area contributed by atoms with Crippen molar-refractivity contribution in [2.24, 2.45) is 11.8 Å². The molecule has 8 heteroatoms. The average Bonchev–Trinajstić information content (AvgIpc) is 3.18. The molecule has 1 aliphatic rings. The van der Waals surface area contributed by atoms with Gasteiger partial charge in [-0.2, -0.15) is 0 Å². The Labute approximate surface area is 173 Å². The minimum Gasteiger partial charge on any atom is -0.480 e. The molecule has 3 amide bonds. The number of aliphatic carboxylic acids is 1. The summed E-state index contributed by atoms with van der Waals surface area (Å²) in [6.45, 7) is 6.04. The van der Waals surface area contributed by atoms with Crippen LogP contribution in [0.15, 0.2) is 12.2 Å². The van der Waals surface area contributed by atoms with Crippen molar-refractivity contribution in [1.29, 1.82) is 0 Å². The first kappa shape index (κ1) is 24.7. The van der Waals surface area contributed by atoms with E-state index in [4.69, 9.17) is 0 Å². The van der Waals surface area contributed by atoms with Crippen molar-refractivity contribution < 1.29 is 24.3 Å². The molecular weight excluding hydrogens is 374 g/mol. The van der Waals surface area contributed by atoms with Crippen LogP contribution in [0.25, 0.3) is 0 Å². The molecule has 0 saturated carbocycles. The number of hydrogen-bond acceptors (Lipinski definition) is 4. The molecule has 0 spiro atoms. The van der Waals surface area contributed by atoms with Crippen molar-refractivity contribution >= 4 is 24.2 Å². The van der Waals surface area contributed by atoms with Crippen LogP contribution < -0.4 is 10.6 Å². The van der Waals surface area contributed by atoms with E-state index >= 15 is 0 Å². The molecule has 1 heterocycles. The van der Waals surface area contributed by atoms with Gasteiger partial charge in [-0.1, -0.05) is 45.8 Å². The second kappa shape index (κ2) is 13.0. The van der Waals surface area contributed by atoms with E-state index in [-0.39, 0.29) is 30.3 Å². The number of nitrogens with zero attached hydrogens (tertiary/aromatic N) is 1. The SMILES string of the molecule is CCCCC/C=C\C(C)C(NC(=O)[C@H](C)C1CCCN1C(=O)CNC=O)C(=O)O. The molecule has 0 bridgehead atoms. The third kappa shape index (κ3) is 7.87. The van der Waals surface area contributed by atoms with E-state index in [1.807, 2.05) is 12.2 Å². The Morgan fingerprint density at radius 1 is 1.24 bits per heavy atom. The molecule has 0 aromatic carbocycles. The van der Waals surface area contributed by atoms with Gasteiger partial charge in [0.05, 0.1) is 12.5 Å². The minimum absolute atomic E-state index is 0.105. The quantitative estimate of drug-likeness (QED) is 0.243. The summed E-state index contributed by atoms with van der Waals surface area (Å²) in [7, 11) is 0. The lowest BCUT2D eigenvalue weighted by Crippen LogP contribution is -2.51. The van der Waals surface area contributed by atoms with E-state index in [0.29, 0.717) is 19.4 Å². The van der Waals surface area contributed by atoms with Gasteiger partial charge in [-0.05, 0) is 25.7 Å². The minimum atomic E-state index is -1.08. The number of carbonyl (C=O) groups excluding carboxylic acids is 3. The zero-order valence-corrected chi connectivity index (χ0v) is 17.7. The third-order valence-corrected chi connectivity index (χ3v) is 5.45. The van der Waals surface area contributed by atoms with Gasteiger partial charge in [0.2, 0.25) is 18.2 Å². The van der Waals surface area contributed by atoms with E-state index in [0.717, 1.165) is 32.1 Å². The van der Waals surface area contributed by atoms with Gasteiger partial charge >= 0.3 is 5.97 Å². The first-order valence-electron chi connectivity index (χ1n) is 10.5. The normalized spacial score (nSPS) is 19.6. The maximum Gasteiger partial charge on any atom is 0.326 e. The van der Waals surface area contributed by atoms with E-state index in [1.54, 1.807) is 18.7 Å². The third-order valence-electron chi connectivity index (χ3n) is 5.45. The summed E-state index contributed by atoms with van der Waals surface area (Å²) in [5, 5.41) is 14.6. The summed E-state index contributed by atoms with van der Waals surface area (Å²) in [4.78, 5) is 48.7.